The van der Waals surface area contributed by atoms with Gasteiger partial charge >= 0.3 is 0 Å². The quantitative estimate of drug-likeness (QED) is 0.731. The predicted molar refractivity (Wildman–Crippen MR) is 93.9 cm³/mol. The summed E-state index contributed by atoms with van der Waals surface area (Å²) in [5, 5.41) is 0. The molecule has 2 aliphatic rings. The van der Waals surface area contributed by atoms with Crippen LogP contribution < -0.4 is 0 Å². The molecule has 0 aliphatic carbocycles. The van der Waals surface area contributed by atoms with Gasteiger partial charge in [0.2, 0.25) is 0 Å². The fourth-order valence-corrected chi connectivity index (χ4v) is 3.57. The first-order valence-electron chi connectivity index (χ1n) is 9.09. The van der Waals surface area contributed by atoms with Crippen molar-refractivity contribution in [2.75, 3.05) is 72.0 Å². The minimum absolute atomic E-state index is 0.389. The van der Waals surface area contributed by atoms with Gasteiger partial charge in [-0.15, -0.1) is 0 Å². The average Bonchev–Trinajstić information content (AvgIpc) is 2.44. The van der Waals surface area contributed by atoms with Crippen molar-refractivity contribution >= 4 is 0 Å². The Bertz CT molecular complexity index is 313. The van der Waals surface area contributed by atoms with E-state index in [0.717, 1.165) is 19.6 Å². The molecule has 2 rings (SSSR count). The third-order valence-corrected chi connectivity index (χ3v) is 4.73. The molecule has 2 fully saturated rings. The first kappa shape index (κ1) is 18.2. The second-order valence-corrected chi connectivity index (χ2v) is 8.26. The van der Waals surface area contributed by atoms with Crippen molar-refractivity contribution in [3.8, 4) is 0 Å². The molecule has 0 aromatic rings. The molecule has 0 aromatic heterocycles. The summed E-state index contributed by atoms with van der Waals surface area (Å²) in [6, 6.07) is 0. The van der Waals surface area contributed by atoms with Crippen molar-refractivity contribution in [1.82, 2.24) is 19.6 Å². The normalized spacial score (nSPS) is 31.1. The molecule has 22 heavy (non-hydrogen) atoms. The third kappa shape index (κ3) is 6.95. The Morgan fingerprint density at radius 3 is 1.86 bits per heavy atom. The Hall–Kier alpha value is -0.160. The number of fused-ring (bicyclic) bond motifs is 3. The lowest BCUT2D eigenvalue weighted by atomic mass is 9.96. The topological polar surface area (TPSA) is 13.0 Å². The van der Waals surface area contributed by atoms with Gasteiger partial charge in [-0.25, -0.2) is 0 Å². The Kier molecular flexibility index (Phi) is 7.13. The molecule has 4 nitrogen and oxygen atoms in total. The largest absolute Gasteiger partial charge is 0.301 e. The van der Waals surface area contributed by atoms with Gasteiger partial charge < -0.3 is 14.7 Å². The third-order valence-electron chi connectivity index (χ3n) is 4.73. The summed E-state index contributed by atoms with van der Waals surface area (Å²) in [5.41, 5.74) is 0.389. The summed E-state index contributed by atoms with van der Waals surface area (Å²) in [4.78, 5) is 9.94. The van der Waals surface area contributed by atoms with Crippen LogP contribution in [-0.4, -0.2) is 91.6 Å². The van der Waals surface area contributed by atoms with Crippen LogP contribution in [0.1, 0.15) is 33.6 Å². The summed E-state index contributed by atoms with van der Waals surface area (Å²) >= 11 is 0. The van der Waals surface area contributed by atoms with Crippen LogP contribution in [0.3, 0.4) is 0 Å². The van der Waals surface area contributed by atoms with E-state index in [2.05, 4.69) is 35.5 Å². The van der Waals surface area contributed by atoms with Crippen LogP contribution in [0.15, 0.2) is 0 Å². The van der Waals surface area contributed by atoms with E-state index in [9.17, 15) is 0 Å². The highest BCUT2D eigenvalue weighted by atomic mass is 15.3. The van der Waals surface area contributed by atoms with Crippen molar-refractivity contribution in [1.29, 1.82) is 0 Å². The Labute approximate surface area is 138 Å². The highest BCUT2D eigenvalue weighted by Gasteiger charge is 2.20. The zero-order valence-corrected chi connectivity index (χ0v) is 15.1. The highest BCUT2D eigenvalue weighted by molar-refractivity contribution is 4.76. The van der Waals surface area contributed by atoms with Crippen LogP contribution in [0.25, 0.3) is 0 Å². The highest BCUT2D eigenvalue weighted by Crippen LogP contribution is 2.16. The molecule has 0 N–H and O–H groups in total. The van der Waals surface area contributed by atoms with Gasteiger partial charge in [-0.2, -0.15) is 0 Å². The summed E-state index contributed by atoms with van der Waals surface area (Å²) in [5.74, 6) is 0. The van der Waals surface area contributed by atoms with Crippen molar-refractivity contribution < 1.29 is 0 Å². The van der Waals surface area contributed by atoms with Gasteiger partial charge in [0.05, 0.1) is 0 Å². The number of rotatable bonds is 1. The smallest absolute Gasteiger partial charge is 0.0439 e. The van der Waals surface area contributed by atoms with Gasteiger partial charge in [-0.05, 0) is 44.4 Å². The van der Waals surface area contributed by atoms with E-state index in [1.54, 1.807) is 0 Å². The monoisotopic (exact) mass is 308 g/mol. The predicted octanol–water partition coefficient (Wildman–Crippen LogP) is 1.72. The molecule has 128 valence electrons. The van der Waals surface area contributed by atoms with Crippen LogP contribution in [0.2, 0.25) is 0 Å². The molecular formula is C18H36N4. The first-order valence-corrected chi connectivity index (χ1v) is 9.09. The maximum Gasteiger partial charge on any atom is 0.0439 e. The van der Waals surface area contributed by atoms with Crippen molar-refractivity contribution in [3.05, 3.63) is 7.05 Å². The first-order chi connectivity index (χ1) is 10.4. The number of hydrogen-bond donors (Lipinski definition) is 0. The van der Waals surface area contributed by atoms with E-state index >= 15 is 0 Å². The molecule has 2 aliphatic heterocycles. The molecule has 0 amide bonds. The fraction of sp³-hybridized carbons (Fsp3) is 0.944. The van der Waals surface area contributed by atoms with Gasteiger partial charge in [-0.3, -0.25) is 4.90 Å². The molecule has 2 saturated heterocycles. The minimum atomic E-state index is 0.389. The van der Waals surface area contributed by atoms with E-state index in [4.69, 9.17) is 7.05 Å². The van der Waals surface area contributed by atoms with Gasteiger partial charge in [0, 0.05) is 52.9 Å². The zero-order valence-electron chi connectivity index (χ0n) is 15.1. The van der Waals surface area contributed by atoms with E-state index < -0.39 is 0 Å². The Morgan fingerprint density at radius 2 is 1.23 bits per heavy atom. The summed E-state index contributed by atoms with van der Waals surface area (Å²) in [7, 11) is 6.09. The Morgan fingerprint density at radius 1 is 0.682 bits per heavy atom. The average molecular weight is 309 g/mol. The second kappa shape index (κ2) is 8.62. The standard InChI is InChI=1S/C18H36N4/c1-18(2,3)17-22-10-6-9-20-12-11-19(4)7-5-8-21(14-13-20)15-16-22/h4H,5-17H2,1-3H3. The lowest BCUT2D eigenvalue weighted by Gasteiger charge is -2.36. The molecule has 2 heterocycles. The van der Waals surface area contributed by atoms with E-state index in [1.165, 1.54) is 65.2 Å². The van der Waals surface area contributed by atoms with Gasteiger partial charge in [-0.1, -0.05) is 20.8 Å². The van der Waals surface area contributed by atoms with Crippen LogP contribution in [0.5, 0.6) is 0 Å². The molecule has 0 spiro atoms. The molecule has 2 bridgehead atoms. The zero-order chi connectivity index (χ0) is 16.0. The van der Waals surface area contributed by atoms with E-state index in [1.807, 2.05) is 4.90 Å². The molecule has 0 saturated carbocycles. The molecule has 2 atom stereocenters. The molecule has 2 radical (unpaired) electrons. The molecule has 2 unspecified atom stereocenters. The van der Waals surface area contributed by atoms with E-state index in [-0.39, 0.29) is 0 Å². The van der Waals surface area contributed by atoms with Gasteiger partial charge in [0.25, 0.3) is 0 Å². The maximum atomic E-state index is 6.09. The fourth-order valence-electron chi connectivity index (χ4n) is 3.57. The van der Waals surface area contributed by atoms with Gasteiger partial charge in [0.15, 0.2) is 0 Å². The Balaban J connectivity index is 1.96. The van der Waals surface area contributed by atoms with Crippen LogP contribution in [-0.2, 0) is 0 Å². The number of nitrogens with zero attached hydrogens (tertiary/aromatic N) is 4. The number of hydrogen-bond acceptors (Lipinski definition) is 4. The van der Waals surface area contributed by atoms with Crippen LogP contribution in [0.4, 0.5) is 0 Å². The van der Waals surface area contributed by atoms with Crippen LogP contribution >= 0.6 is 0 Å². The summed E-state index contributed by atoms with van der Waals surface area (Å²) < 4.78 is 0. The molecule has 4 heteroatoms. The van der Waals surface area contributed by atoms with Crippen molar-refractivity contribution in [3.63, 3.8) is 0 Å². The van der Waals surface area contributed by atoms with Gasteiger partial charge in [0.1, 0.15) is 0 Å². The van der Waals surface area contributed by atoms with E-state index in [0.29, 0.717) is 5.41 Å². The maximum absolute atomic E-state index is 6.09. The molecular weight excluding hydrogens is 272 g/mol. The lowest BCUT2D eigenvalue weighted by molar-refractivity contribution is 0.114. The summed E-state index contributed by atoms with van der Waals surface area (Å²) in [6.45, 7) is 19.9. The van der Waals surface area contributed by atoms with Crippen molar-refractivity contribution in [2.24, 2.45) is 5.41 Å². The van der Waals surface area contributed by atoms with Crippen molar-refractivity contribution in [2.45, 2.75) is 33.6 Å². The minimum Gasteiger partial charge on any atom is -0.301 e. The summed E-state index contributed by atoms with van der Waals surface area (Å²) in [6.07, 6.45) is 2.47. The SMILES string of the molecule is [CH]N1CCCN2CCN(CCCN(CC(C)(C)C)CC2)CC1. The molecule has 0 aromatic carbocycles. The second-order valence-electron chi connectivity index (χ2n) is 8.26. The van der Waals surface area contributed by atoms with Crippen LogP contribution in [0, 0.1) is 12.5 Å². The lowest BCUT2D eigenvalue weighted by Crippen LogP contribution is -2.47.